The Morgan fingerprint density at radius 1 is 1.50 bits per heavy atom. The molecule has 1 saturated heterocycles. The highest BCUT2D eigenvalue weighted by atomic mass is 127. The molecule has 1 aliphatic heterocycles. The molecule has 1 amide bonds. The molecule has 0 aromatic heterocycles. The number of halogens is 1. The van der Waals surface area contributed by atoms with Crippen molar-refractivity contribution in [3.8, 4) is 0 Å². The number of ether oxygens (including phenoxy) is 1. The second-order valence-electron chi connectivity index (χ2n) is 6.26. The van der Waals surface area contributed by atoms with Crippen molar-refractivity contribution in [1.82, 2.24) is 10.2 Å². The normalized spacial score (nSPS) is 19.5. The number of hydrogen-bond acceptors (Lipinski definition) is 3. The van der Waals surface area contributed by atoms with Gasteiger partial charge in [-0.15, -0.1) is 24.0 Å². The molecule has 1 fully saturated rings. The lowest BCUT2D eigenvalue weighted by Gasteiger charge is -2.35. The van der Waals surface area contributed by atoms with Crippen molar-refractivity contribution < 1.29 is 9.53 Å². The van der Waals surface area contributed by atoms with Crippen molar-refractivity contribution in [2.24, 2.45) is 16.6 Å². The number of guanidine groups is 1. The Hall–Kier alpha value is -0.570. The second-order valence-corrected chi connectivity index (χ2v) is 6.26. The van der Waals surface area contributed by atoms with Crippen LogP contribution in [0.2, 0.25) is 0 Å². The van der Waals surface area contributed by atoms with Gasteiger partial charge in [0.25, 0.3) is 0 Å². The molecule has 1 unspecified atom stereocenters. The molecule has 1 atom stereocenters. The van der Waals surface area contributed by atoms with E-state index in [1.807, 2.05) is 13.8 Å². The Kier molecular flexibility index (Phi) is 9.99. The van der Waals surface area contributed by atoms with Gasteiger partial charge in [-0.25, -0.2) is 0 Å². The van der Waals surface area contributed by atoms with Gasteiger partial charge in [0.1, 0.15) is 0 Å². The number of methoxy groups -OCH3 is 1. The number of nitrogens with two attached hydrogens (primary N) is 1. The van der Waals surface area contributed by atoms with Crippen molar-refractivity contribution in [3.05, 3.63) is 0 Å². The number of carbonyl (C=O) groups excluding carboxylic acids is 1. The van der Waals surface area contributed by atoms with E-state index in [4.69, 9.17) is 10.5 Å². The first-order valence-corrected chi connectivity index (χ1v) is 7.74. The zero-order valence-electron chi connectivity index (χ0n) is 14.2. The van der Waals surface area contributed by atoms with Crippen LogP contribution in [0.1, 0.15) is 40.0 Å². The van der Waals surface area contributed by atoms with Gasteiger partial charge in [0.2, 0.25) is 5.91 Å². The molecule has 6 nitrogen and oxygen atoms in total. The summed E-state index contributed by atoms with van der Waals surface area (Å²) in [5.41, 5.74) is 5.04. The van der Waals surface area contributed by atoms with Gasteiger partial charge in [-0.1, -0.05) is 0 Å². The zero-order chi connectivity index (χ0) is 15.9. The molecule has 0 bridgehead atoms. The molecule has 1 heterocycles. The van der Waals surface area contributed by atoms with Crippen molar-refractivity contribution in [2.45, 2.75) is 45.6 Å². The number of amides is 1. The minimum absolute atomic E-state index is 0. The third-order valence-corrected chi connectivity index (χ3v) is 3.81. The third kappa shape index (κ3) is 7.62. The molecule has 0 aromatic rings. The Morgan fingerprint density at radius 2 is 2.18 bits per heavy atom. The summed E-state index contributed by atoms with van der Waals surface area (Å²) in [5.74, 6) is 1.01. The first-order valence-electron chi connectivity index (χ1n) is 7.74. The highest BCUT2D eigenvalue weighted by Gasteiger charge is 2.24. The number of primary amides is 1. The molecular formula is C15H31IN4O2. The molecule has 0 aliphatic carbocycles. The second kappa shape index (κ2) is 10.3. The van der Waals surface area contributed by atoms with Crippen LogP contribution in [0.4, 0.5) is 0 Å². The standard InChI is InChI=1S/C15H30N4O2.HI/c1-5-17-14(18-11-15(2,3)21-4)19-8-6-7-12(10-19)9-13(16)20;/h12H,5-11H2,1-4H3,(H2,16,20)(H,17,18);1H. The van der Waals surface area contributed by atoms with Gasteiger partial charge in [0.05, 0.1) is 12.1 Å². The maximum absolute atomic E-state index is 11.1. The van der Waals surface area contributed by atoms with Crippen molar-refractivity contribution >= 4 is 35.8 Å². The number of nitrogens with one attached hydrogen (secondary N) is 1. The molecule has 7 heteroatoms. The van der Waals surface area contributed by atoms with Gasteiger partial charge < -0.3 is 20.7 Å². The third-order valence-electron chi connectivity index (χ3n) is 3.81. The van der Waals surface area contributed by atoms with Crippen LogP contribution in [0.5, 0.6) is 0 Å². The number of aliphatic imine (C=N–C) groups is 1. The number of nitrogens with zero attached hydrogens (tertiary/aromatic N) is 2. The summed E-state index contributed by atoms with van der Waals surface area (Å²) in [6.07, 6.45) is 2.58. The van der Waals surface area contributed by atoms with Gasteiger partial charge in [0, 0.05) is 33.2 Å². The Morgan fingerprint density at radius 3 is 2.73 bits per heavy atom. The summed E-state index contributed by atoms with van der Waals surface area (Å²) in [7, 11) is 1.70. The smallest absolute Gasteiger partial charge is 0.217 e. The minimum Gasteiger partial charge on any atom is -0.377 e. The van der Waals surface area contributed by atoms with Gasteiger partial charge in [-0.2, -0.15) is 0 Å². The molecule has 130 valence electrons. The fourth-order valence-electron chi connectivity index (χ4n) is 2.46. The van der Waals surface area contributed by atoms with E-state index in [1.54, 1.807) is 7.11 Å². The quantitative estimate of drug-likeness (QED) is 0.384. The molecule has 1 aliphatic rings. The molecule has 1 rings (SSSR count). The maximum Gasteiger partial charge on any atom is 0.217 e. The van der Waals surface area contributed by atoms with Crippen molar-refractivity contribution in [2.75, 3.05) is 33.3 Å². The Balaban J connectivity index is 0.00000441. The van der Waals surface area contributed by atoms with E-state index in [0.717, 1.165) is 38.4 Å². The summed E-state index contributed by atoms with van der Waals surface area (Å²) >= 11 is 0. The lowest BCUT2D eigenvalue weighted by molar-refractivity contribution is -0.119. The van der Waals surface area contributed by atoms with Gasteiger partial charge in [-0.05, 0) is 39.5 Å². The van der Waals surface area contributed by atoms with E-state index >= 15 is 0 Å². The fourth-order valence-corrected chi connectivity index (χ4v) is 2.46. The molecule has 0 aromatic carbocycles. The molecule has 3 N–H and O–H groups in total. The topological polar surface area (TPSA) is 80.0 Å². The Labute approximate surface area is 151 Å². The Bertz CT molecular complexity index is 375. The number of likely N-dealkylation sites (tertiary alicyclic amines) is 1. The molecule has 0 spiro atoms. The van der Waals surface area contributed by atoms with E-state index < -0.39 is 0 Å². The van der Waals surface area contributed by atoms with Crippen LogP contribution >= 0.6 is 24.0 Å². The summed E-state index contributed by atoms with van der Waals surface area (Å²) in [4.78, 5) is 18.0. The van der Waals surface area contributed by atoms with Gasteiger partial charge >= 0.3 is 0 Å². The molecular weight excluding hydrogens is 395 g/mol. The maximum atomic E-state index is 11.1. The van der Waals surface area contributed by atoms with E-state index in [1.165, 1.54) is 0 Å². The van der Waals surface area contributed by atoms with Crippen LogP contribution in [-0.4, -0.2) is 55.7 Å². The van der Waals surface area contributed by atoms with Crippen LogP contribution in [0.3, 0.4) is 0 Å². The summed E-state index contributed by atoms with van der Waals surface area (Å²) in [6.45, 7) is 9.32. The lowest BCUT2D eigenvalue weighted by Crippen LogP contribution is -2.47. The highest BCUT2D eigenvalue weighted by Crippen LogP contribution is 2.19. The van der Waals surface area contributed by atoms with Crippen LogP contribution < -0.4 is 11.1 Å². The van der Waals surface area contributed by atoms with E-state index in [0.29, 0.717) is 18.9 Å². The van der Waals surface area contributed by atoms with E-state index in [-0.39, 0.29) is 35.5 Å². The van der Waals surface area contributed by atoms with Gasteiger partial charge in [0.15, 0.2) is 5.96 Å². The molecule has 0 radical (unpaired) electrons. The zero-order valence-corrected chi connectivity index (χ0v) is 16.6. The first-order chi connectivity index (χ1) is 9.88. The van der Waals surface area contributed by atoms with Crippen LogP contribution in [0.25, 0.3) is 0 Å². The van der Waals surface area contributed by atoms with Crippen LogP contribution in [0, 0.1) is 5.92 Å². The average molecular weight is 426 g/mol. The van der Waals surface area contributed by atoms with Crippen LogP contribution in [0.15, 0.2) is 4.99 Å². The number of rotatable bonds is 6. The fraction of sp³-hybridized carbons (Fsp3) is 0.867. The van der Waals surface area contributed by atoms with Crippen molar-refractivity contribution in [3.63, 3.8) is 0 Å². The summed E-state index contributed by atoms with van der Waals surface area (Å²) < 4.78 is 5.41. The first kappa shape index (κ1) is 21.4. The SMILES string of the molecule is CCNC(=NCC(C)(C)OC)N1CCCC(CC(N)=O)C1.I. The summed E-state index contributed by atoms with van der Waals surface area (Å²) in [6, 6.07) is 0. The molecule has 22 heavy (non-hydrogen) atoms. The summed E-state index contributed by atoms with van der Waals surface area (Å²) in [5, 5.41) is 3.33. The predicted molar refractivity (Wildman–Crippen MR) is 101 cm³/mol. The monoisotopic (exact) mass is 426 g/mol. The van der Waals surface area contributed by atoms with Crippen molar-refractivity contribution in [1.29, 1.82) is 0 Å². The average Bonchev–Trinajstić information content (AvgIpc) is 2.43. The largest absolute Gasteiger partial charge is 0.377 e. The van der Waals surface area contributed by atoms with Crippen LogP contribution in [-0.2, 0) is 9.53 Å². The highest BCUT2D eigenvalue weighted by molar-refractivity contribution is 14.0. The van der Waals surface area contributed by atoms with Gasteiger partial charge in [-0.3, -0.25) is 9.79 Å². The lowest BCUT2D eigenvalue weighted by atomic mass is 9.95. The predicted octanol–water partition coefficient (Wildman–Crippen LogP) is 1.58. The van der Waals surface area contributed by atoms with E-state index in [9.17, 15) is 4.79 Å². The number of piperidine rings is 1. The number of carbonyl (C=O) groups is 1. The van der Waals surface area contributed by atoms with E-state index in [2.05, 4.69) is 22.1 Å². The minimum atomic E-state index is -0.275. The number of hydrogen-bond donors (Lipinski definition) is 2. The molecule has 0 saturated carbocycles.